The van der Waals surface area contributed by atoms with E-state index in [1.54, 1.807) is 19.1 Å². The molecule has 0 saturated carbocycles. The molecule has 0 saturated heterocycles. The minimum Gasteiger partial charge on any atom is -0.494 e. The maximum absolute atomic E-state index is 11.0. The van der Waals surface area contributed by atoms with Crippen LogP contribution in [0.25, 0.3) is 17.0 Å². The Kier molecular flexibility index (Phi) is 5.53. The van der Waals surface area contributed by atoms with Crippen molar-refractivity contribution in [2.75, 3.05) is 6.61 Å². The molecule has 0 bridgehead atoms. The van der Waals surface area contributed by atoms with E-state index in [2.05, 4.69) is 16.1 Å². The summed E-state index contributed by atoms with van der Waals surface area (Å²) in [7, 11) is 0. The van der Waals surface area contributed by atoms with E-state index < -0.39 is 5.97 Å². The van der Waals surface area contributed by atoms with Crippen molar-refractivity contribution in [3.63, 3.8) is 0 Å². The van der Waals surface area contributed by atoms with Gasteiger partial charge in [0.05, 0.1) is 6.61 Å². The number of carboxylic acids is 1. The highest BCUT2D eigenvalue weighted by Crippen LogP contribution is 2.25. The van der Waals surface area contributed by atoms with E-state index in [4.69, 9.17) is 20.7 Å². The maximum atomic E-state index is 11.0. The fourth-order valence-electron chi connectivity index (χ4n) is 1.93. The highest BCUT2D eigenvalue weighted by atomic mass is 16.5. The second-order valence-corrected chi connectivity index (χ2v) is 4.62. The molecule has 122 valence electrons. The lowest BCUT2D eigenvalue weighted by Gasteiger charge is -2.03. The smallest absolute Gasteiger partial charge is 0.344 e. The van der Waals surface area contributed by atoms with Crippen molar-refractivity contribution in [3.8, 4) is 29.5 Å². The highest BCUT2D eigenvalue weighted by molar-refractivity contribution is 5.95. The molecule has 2 aromatic rings. The average molecular weight is 324 g/mol. The predicted molar refractivity (Wildman–Crippen MR) is 89.1 cm³/mol. The van der Waals surface area contributed by atoms with E-state index in [1.165, 1.54) is 6.08 Å². The van der Waals surface area contributed by atoms with Gasteiger partial charge in [0.1, 0.15) is 11.3 Å². The zero-order chi connectivity index (χ0) is 17.5. The third-order valence-corrected chi connectivity index (χ3v) is 3.06. The fraction of sp³-hybridized carbons (Fsp3) is 0.167. The number of ether oxygens (including phenoxy) is 1. The fourth-order valence-corrected chi connectivity index (χ4v) is 1.93. The first kappa shape index (κ1) is 17.0. The highest BCUT2D eigenvalue weighted by Gasteiger charge is 2.13. The van der Waals surface area contributed by atoms with Gasteiger partial charge in [-0.05, 0) is 38.1 Å². The molecule has 6 heteroatoms. The minimum absolute atomic E-state index is 0.184. The van der Waals surface area contributed by atoms with Gasteiger partial charge < -0.3 is 14.3 Å². The molecular weight excluding hydrogens is 308 g/mol. The summed E-state index contributed by atoms with van der Waals surface area (Å²) in [6.07, 6.45) is 8.15. The summed E-state index contributed by atoms with van der Waals surface area (Å²) in [5.74, 6) is 2.10. The van der Waals surface area contributed by atoms with Gasteiger partial charge in [-0.2, -0.15) is 0 Å². The van der Waals surface area contributed by atoms with Gasteiger partial charge in [0, 0.05) is 11.1 Å². The monoisotopic (exact) mass is 324 g/mol. The van der Waals surface area contributed by atoms with Crippen LogP contribution < -0.4 is 4.74 Å². The van der Waals surface area contributed by atoms with Crippen LogP contribution in [0.2, 0.25) is 0 Å². The lowest BCUT2D eigenvalue weighted by molar-refractivity contribution is -0.132. The largest absolute Gasteiger partial charge is 0.494 e. The Morgan fingerprint density at radius 2 is 2.25 bits per heavy atom. The number of aromatic nitrogens is 2. The molecule has 1 N–H and O–H groups in total. The lowest BCUT2D eigenvalue weighted by atomic mass is 10.1. The minimum atomic E-state index is -1.19. The van der Waals surface area contributed by atoms with E-state index in [-0.39, 0.29) is 11.5 Å². The van der Waals surface area contributed by atoms with Crippen LogP contribution in [0.4, 0.5) is 0 Å². The van der Waals surface area contributed by atoms with Crippen LogP contribution in [-0.2, 0) is 4.79 Å². The number of carbonyl (C=O) groups is 1. The Bertz CT molecular complexity index is 841. The number of rotatable bonds is 6. The molecule has 0 atom stereocenters. The van der Waals surface area contributed by atoms with Gasteiger partial charge in [-0.3, -0.25) is 0 Å². The Labute approximate surface area is 139 Å². The molecular formula is C18H16N2O4. The number of aliphatic carboxylic acids is 1. The van der Waals surface area contributed by atoms with Crippen LogP contribution in [0.15, 0.2) is 46.4 Å². The maximum Gasteiger partial charge on any atom is 0.344 e. The first-order valence-corrected chi connectivity index (χ1v) is 7.24. The third-order valence-electron chi connectivity index (χ3n) is 3.06. The van der Waals surface area contributed by atoms with Crippen LogP contribution in [-0.4, -0.2) is 27.9 Å². The molecule has 0 aliphatic heterocycles. The molecule has 1 aromatic heterocycles. The second kappa shape index (κ2) is 7.79. The Morgan fingerprint density at radius 3 is 2.88 bits per heavy atom. The molecule has 24 heavy (non-hydrogen) atoms. The number of hydrogen-bond acceptors (Lipinski definition) is 5. The normalized spacial score (nSPS) is 11.9. The molecule has 0 unspecified atom stereocenters. The molecule has 1 heterocycles. The summed E-state index contributed by atoms with van der Waals surface area (Å²) in [6, 6.07) is 7.25. The summed E-state index contributed by atoms with van der Waals surface area (Å²) >= 11 is 0. The topological polar surface area (TPSA) is 85.5 Å². The predicted octanol–water partition coefficient (Wildman–Crippen LogP) is 3.18. The van der Waals surface area contributed by atoms with Gasteiger partial charge in [-0.1, -0.05) is 18.1 Å². The van der Waals surface area contributed by atoms with Crippen molar-refractivity contribution >= 4 is 11.5 Å². The number of allylic oxidation sites excluding steroid dienone is 3. The number of carboxylic acid groups (broad SMARTS) is 1. The van der Waals surface area contributed by atoms with Gasteiger partial charge in [-0.15, -0.1) is 16.6 Å². The van der Waals surface area contributed by atoms with Crippen LogP contribution in [0, 0.1) is 12.3 Å². The SMILES string of the molecule is C#C/C(=C\C(=C/C)c1nnc(-c2cccc(OCC)c2)o1)C(=O)O. The van der Waals surface area contributed by atoms with E-state index in [9.17, 15) is 4.79 Å². The summed E-state index contributed by atoms with van der Waals surface area (Å²) in [4.78, 5) is 11.0. The Balaban J connectivity index is 2.34. The molecule has 1 aromatic carbocycles. The van der Waals surface area contributed by atoms with E-state index >= 15 is 0 Å². The molecule has 0 spiro atoms. The van der Waals surface area contributed by atoms with Crippen molar-refractivity contribution in [3.05, 3.63) is 47.9 Å². The number of nitrogens with zero attached hydrogens (tertiary/aromatic N) is 2. The molecule has 0 radical (unpaired) electrons. The molecule has 0 amide bonds. The third kappa shape index (κ3) is 3.90. The van der Waals surface area contributed by atoms with Crippen molar-refractivity contribution in [1.29, 1.82) is 0 Å². The molecule has 0 fully saturated rings. The average Bonchev–Trinajstić information content (AvgIpc) is 3.06. The Hall–Kier alpha value is -3.33. The first-order valence-electron chi connectivity index (χ1n) is 7.24. The van der Waals surface area contributed by atoms with E-state index in [1.807, 2.05) is 25.1 Å². The zero-order valence-corrected chi connectivity index (χ0v) is 13.3. The quantitative estimate of drug-likeness (QED) is 0.499. The van der Waals surface area contributed by atoms with Crippen molar-refractivity contribution in [2.24, 2.45) is 0 Å². The summed E-state index contributed by atoms with van der Waals surface area (Å²) < 4.78 is 11.1. The van der Waals surface area contributed by atoms with Crippen molar-refractivity contribution in [2.45, 2.75) is 13.8 Å². The van der Waals surface area contributed by atoms with Crippen LogP contribution in [0.3, 0.4) is 0 Å². The molecule has 6 nitrogen and oxygen atoms in total. The van der Waals surface area contributed by atoms with E-state index in [0.29, 0.717) is 29.4 Å². The van der Waals surface area contributed by atoms with Gasteiger partial charge in [0.2, 0.25) is 11.8 Å². The van der Waals surface area contributed by atoms with Gasteiger partial charge >= 0.3 is 5.97 Å². The number of hydrogen-bond donors (Lipinski definition) is 1. The van der Waals surface area contributed by atoms with Gasteiger partial charge in [0.15, 0.2) is 0 Å². The van der Waals surface area contributed by atoms with Crippen molar-refractivity contribution < 1.29 is 19.1 Å². The number of benzene rings is 1. The first-order chi connectivity index (χ1) is 11.6. The zero-order valence-electron chi connectivity index (χ0n) is 13.3. The van der Waals surface area contributed by atoms with E-state index in [0.717, 1.165) is 0 Å². The number of terminal acetylenes is 1. The molecule has 0 aliphatic carbocycles. The van der Waals surface area contributed by atoms with Crippen LogP contribution >= 0.6 is 0 Å². The standard InChI is InChI=1S/C18H16N2O4/c1-4-12(10-13(5-2)18(21)22)16-19-20-17(24-16)14-8-7-9-15(11-14)23-6-3/h2,4,7-11H,6H2,1,3H3,(H,21,22)/b12-4+,13-10+. The Morgan fingerprint density at radius 1 is 1.46 bits per heavy atom. The summed E-state index contributed by atoms with van der Waals surface area (Å²) in [5.41, 5.74) is 0.945. The molecule has 0 aliphatic rings. The molecule has 2 rings (SSSR count). The lowest BCUT2D eigenvalue weighted by Crippen LogP contribution is -1.98. The van der Waals surface area contributed by atoms with Crippen LogP contribution in [0.5, 0.6) is 5.75 Å². The summed E-state index contributed by atoms with van der Waals surface area (Å²) in [5, 5.41) is 17.0. The van der Waals surface area contributed by atoms with Gasteiger partial charge in [0.25, 0.3) is 0 Å². The summed E-state index contributed by atoms with van der Waals surface area (Å²) in [6.45, 7) is 4.17. The van der Waals surface area contributed by atoms with Gasteiger partial charge in [-0.25, -0.2) is 4.79 Å². The van der Waals surface area contributed by atoms with Crippen LogP contribution in [0.1, 0.15) is 19.7 Å². The second-order valence-electron chi connectivity index (χ2n) is 4.62. The van der Waals surface area contributed by atoms with Crippen molar-refractivity contribution in [1.82, 2.24) is 10.2 Å².